The lowest BCUT2D eigenvalue weighted by atomic mass is 9.95. The molecule has 0 spiro atoms. The third kappa shape index (κ3) is 4.87. The summed E-state index contributed by atoms with van der Waals surface area (Å²) in [5, 5.41) is 16.5. The van der Waals surface area contributed by atoms with Crippen LogP contribution in [0.4, 0.5) is 0 Å². The van der Waals surface area contributed by atoms with Gasteiger partial charge >= 0.3 is 0 Å². The van der Waals surface area contributed by atoms with E-state index in [1.807, 2.05) is 11.6 Å². The zero-order valence-electron chi connectivity index (χ0n) is 17.8. The quantitative estimate of drug-likeness (QED) is 0.289. The van der Waals surface area contributed by atoms with E-state index in [-0.39, 0.29) is 6.47 Å². The molecular formula is C22H25BrN6O2S. The Morgan fingerprint density at radius 3 is 2.69 bits per heavy atom. The van der Waals surface area contributed by atoms with Gasteiger partial charge in [0.25, 0.3) is 6.47 Å². The minimum absolute atomic E-state index is 0.250. The van der Waals surface area contributed by atoms with Crippen molar-refractivity contribution in [3.63, 3.8) is 0 Å². The Balaban J connectivity index is 0.000000775. The van der Waals surface area contributed by atoms with Gasteiger partial charge in [0.1, 0.15) is 6.33 Å². The SMILES string of the molecule is Cn1c(SCCCN2C[C@@H]3C[C@]3(c3ccc(Br)cc3)C2)nnc1-c1cncnc1.O=CO. The highest BCUT2D eigenvalue weighted by atomic mass is 79.9. The Kier molecular flexibility index (Phi) is 7.22. The standard InChI is InChI=1S/C21H23BrN6S.CH2O2/c1-27-19(15-10-23-14-24-11-15)25-26-20(27)29-8-2-7-28-12-17-9-21(17,13-28)16-3-5-18(22)6-4-16;2-1-3/h3-6,10-11,14,17H,2,7-9,12-13H2,1H3;1H,(H,2,3)/t17-,21+;/m0./s1. The highest BCUT2D eigenvalue weighted by Gasteiger charge is 2.60. The van der Waals surface area contributed by atoms with E-state index in [4.69, 9.17) is 9.90 Å². The van der Waals surface area contributed by atoms with Gasteiger partial charge in [-0.3, -0.25) is 4.79 Å². The topological polar surface area (TPSA) is 97.0 Å². The molecule has 5 rings (SSSR count). The smallest absolute Gasteiger partial charge is 0.290 e. The number of likely N-dealkylation sites (tertiary alicyclic amines) is 1. The van der Waals surface area contributed by atoms with E-state index in [1.54, 1.807) is 24.2 Å². The van der Waals surface area contributed by atoms with Crippen molar-refractivity contribution in [1.82, 2.24) is 29.6 Å². The molecule has 8 nitrogen and oxygen atoms in total. The lowest BCUT2D eigenvalue weighted by molar-refractivity contribution is -0.122. The Bertz CT molecular complexity index is 1050. The second-order valence-corrected chi connectivity index (χ2v) is 10.1. The van der Waals surface area contributed by atoms with Crippen LogP contribution in [0, 0.1) is 5.92 Å². The Morgan fingerprint density at radius 2 is 1.97 bits per heavy atom. The molecule has 3 aromatic rings. The van der Waals surface area contributed by atoms with Crippen LogP contribution in [0.2, 0.25) is 0 Å². The summed E-state index contributed by atoms with van der Waals surface area (Å²) >= 11 is 5.32. The number of fused-ring (bicyclic) bond motifs is 1. The Hall–Kier alpha value is -2.30. The lowest BCUT2D eigenvalue weighted by Crippen LogP contribution is -2.27. The number of nitrogens with zero attached hydrogens (tertiary/aromatic N) is 6. The summed E-state index contributed by atoms with van der Waals surface area (Å²) in [5.74, 6) is 2.69. The van der Waals surface area contributed by atoms with Gasteiger partial charge in [-0.1, -0.05) is 39.8 Å². The number of halogens is 1. The number of carboxylic acid groups (broad SMARTS) is 1. The number of rotatable bonds is 7. The molecule has 1 aliphatic heterocycles. The van der Waals surface area contributed by atoms with Crippen molar-refractivity contribution < 1.29 is 9.90 Å². The van der Waals surface area contributed by atoms with E-state index >= 15 is 0 Å². The second-order valence-electron chi connectivity index (χ2n) is 8.10. The van der Waals surface area contributed by atoms with Crippen LogP contribution in [0.3, 0.4) is 0 Å². The van der Waals surface area contributed by atoms with Gasteiger partial charge in [-0.05, 0) is 43.0 Å². The van der Waals surface area contributed by atoms with Crippen molar-refractivity contribution in [2.45, 2.75) is 23.4 Å². The number of benzene rings is 1. The van der Waals surface area contributed by atoms with E-state index in [9.17, 15) is 0 Å². The first-order valence-electron chi connectivity index (χ1n) is 10.4. The van der Waals surface area contributed by atoms with Gasteiger partial charge in [0.05, 0.1) is 5.56 Å². The molecule has 1 saturated heterocycles. The van der Waals surface area contributed by atoms with Gasteiger partial charge in [-0.25, -0.2) is 9.97 Å². The van der Waals surface area contributed by atoms with Crippen LogP contribution < -0.4 is 0 Å². The molecule has 2 aromatic heterocycles. The van der Waals surface area contributed by atoms with Crippen molar-refractivity contribution in [3.8, 4) is 11.4 Å². The minimum Gasteiger partial charge on any atom is -0.483 e. The summed E-state index contributed by atoms with van der Waals surface area (Å²) in [6.45, 7) is 3.34. The van der Waals surface area contributed by atoms with E-state index in [0.29, 0.717) is 5.41 Å². The van der Waals surface area contributed by atoms with E-state index in [1.165, 1.54) is 31.4 Å². The molecule has 3 heterocycles. The number of piperidine rings is 1. The maximum Gasteiger partial charge on any atom is 0.290 e. The van der Waals surface area contributed by atoms with Gasteiger partial charge in [-0.2, -0.15) is 0 Å². The molecule has 1 aliphatic carbocycles. The molecule has 2 atom stereocenters. The van der Waals surface area contributed by atoms with Crippen molar-refractivity contribution in [1.29, 1.82) is 0 Å². The van der Waals surface area contributed by atoms with Crippen molar-refractivity contribution >= 4 is 34.2 Å². The predicted molar refractivity (Wildman–Crippen MR) is 126 cm³/mol. The largest absolute Gasteiger partial charge is 0.483 e. The molecule has 0 amide bonds. The van der Waals surface area contributed by atoms with Crippen LogP contribution in [0.5, 0.6) is 0 Å². The fourth-order valence-electron chi connectivity index (χ4n) is 4.54. The fourth-order valence-corrected chi connectivity index (χ4v) is 5.64. The normalized spacial score (nSPS) is 21.5. The molecule has 10 heteroatoms. The molecule has 1 N–H and O–H groups in total. The summed E-state index contributed by atoms with van der Waals surface area (Å²) in [5.41, 5.74) is 2.83. The van der Waals surface area contributed by atoms with Gasteiger partial charge < -0.3 is 14.6 Å². The molecule has 1 aromatic carbocycles. The van der Waals surface area contributed by atoms with Crippen LogP contribution in [0.1, 0.15) is 18.4 Å². The first-order chi connectivity index (χ1) is 15.6. The number of thioether (sulfide) groups is 1. The third-order valence-electron chi connectivity index (χ3n) is 6.14. The first kappa shape index (κ1) is 22.9. The van der Waals surface area contributed by atoms with Gasteiger partial charge in [0.2, 0.25) is 0 Å². The van der Waals surface area contributed by atoms with E-state index in [0.717, 1.165) is 45.7 Å². The third-order valence-corrected chi connectivity index (χ3v) is 7.77. The average Bonchev–Trinajstić information content (AvgIpc) is 3.17. The summed E-state index contributed by atoms with van der Waals surface area (Å²) in [6.07, 6.45) is 7.57. The maximum absolute atomic E-state index is 8.36. The first-order valence-corrected chi connectivity index (χ1v) is 12.2. The fraction of sp³-hybridized carbons (Fsp3) is 0.409. The zero-order valence-corrected chi connectivity index (χ0v) is 20.2. The highest BCUT2D eigenvalue weighted by Crippen LogP contribution is 2.59. The van der Waals surface area contributed by atoms with E-state index < -0.39 is 0 Å². The van der Waals surface area contributed by atoms with E-state index in [2.05, 4.69) is 65.3 Å². The molecular weight excluding hydrogens is 492 g/mol. The van der Waals surface area contributed by atoms with Crippen LogP contribution >= 0.6 is 27.7 Å². The number of hydrogen-bond donors (Lipinski definition) is 1. The number of carbonyl (C=O) groups is 1. The molecule has 0 radical (unpaired) electrons. The van der Waals surface area contributed by atoms with Crippen molar-refractivity contribution in [3.05, 3.63) is 53.0 Å². The average molecular weight is 517 g/mol. The van der Waals surface area contributed by atoms with Crippen LogP contribution in [0.25, 0.3) is 11.4 Å². The number of hydrogen-bond acceptors (Lipinski definition) is 7. The molecule has 32 heavy (non-hydrogen) atoms. The molecule has 1 saturated carbocycles. The molecule has 168 valence electrons. The Labute approximate surface area is 199 Å². The monoisotopic (exact) mass is 516 g/mol. The summed E-state index contributed by atoms with van der Waals surface area (Å²) in [4.78, 5) is 19.1. The van der Waals surface area contributed by atoms with Crippen LogP contribution in [0.15, 0.2) is 52.6 Å². The van der Waals surface area contributed by atoms with Gasteiger partial charge in [0, 0.05) is 48.2 Å². The second kappa shape index (κ2) is 10.1. The van der Waals surface area contributed by atoms with Crippen molar-refractivity contribution in [2.75, 3.05) is 25.4 Å². The summed E-state index contributed by atoms with van der Waals surface area (Å²) < 4.78 is 3.19. The molecule has 2 fully saturated rings. The molecule has 0 unspecified atom stereocenters. The maximum atomic E-state index is 8.36. The summed E-state index contributed by atoms with van der Waals surface area (Å²) in [6, 6.07) is 8.95. The van der Waals surface area contributed by atoms with Crippen molar-refractivity contribution in [2.24, 2.45) is 13.0 Å². The zero-order chi connectivity index (χ0) is 22.6. The highest BCUT2D eigenvalue weighted by molar-refractivity contribution is 9.10. The number of aromatic nitrogens is 5. The molecule has 0 bridgehead atoms. The molecule has 2 aliphatic rings. The summed E-state index contributed by atoms with van der Waals surface area (Å²) in [7, 11) is 2.00. The predicted octanol–water partition coefficient (Wildman–Crippen LogP) is 3.49. The van der Waals surface area contributed by atoms with Gasteiger partial charge in [-0.15, -0.1) is 10.2 Å². The van der Waals surface area contributed by atoms with Crippen LogP contribution in [-0.2, 0) is 17.3 Å². The van der Waals surface area contributed by atoms with Gasteiger partial charge in [0.15, 0.2) is 11.0 Å². The Morgan fingerprint density at radius 1 is 1.25 bits per heavy atom. The lowest BCUT2D eigenvalue weighted by Gasteiger charge is -2.21. The van der Waals surface area contributed by atoms with Crippen LogP contribution in [-0.4, -0.2) is 66.6 Å². The minimum atomic E-state index is -0.250.